The van der Waals surface area contributed by atoms with E-state index in [0.717, 1.165) is 12.2 Å². The molecule has 0 amide bonds. The van der Waals surface area contributed by atoms with Gasteiger partial charge in [0.15, 0.2) is 5.82 Å². The van der Waals surface area contributed by atoms with Crippen molar-refractivity contribution >= 4 is 11.5 Å². The molecule has 0 saturated carbocycles. The van der Waals surface area contributed by atoms with Crippen LogP contribution in [0.4, 0.5) is 11.5 Å². The van der Waals surface area contributed by atoms with Crippen molar-refractivity contribution in [3.05, 3.63) is 5.82 Å². The van der Waals surface area contributed by atoms with E-state index in [4.69, 9.17) is 10.5 Å². The number of anilines is 2. The van der Waals surface area contributed by atoms with E-state index in [1.54, 1.807) is 0 Å². The Morgan fingerprint density at radius 3 is 2.37 bits per heavy atom. The molecular weight excluding hydrogens is 240 g/mol. The van der Waals surface area contributed by atoms with Crippen LogP contribution < -0.4 is 15.8 Å². The third-order valence-electron chi connectivity index (χ3n) is 2.32. The molecule has 1 rings (SSSR count). The maximum atomic E-state index is 6.09. The standard InChI is InChI=1S/C14H26N4O/c1-7-10-16-12(18-14(4,5)6)11(15)13(17-10)19-8-9(2)3/h9H,7-8,15H2,1-6H3,(H,16,17,18). The number of nitrogens with zero attached hydrogens (tertiary/aromatic N) is 2. The van der Waals surface area contributed by atoms with Crippen LogP contribution in [-0.4, -0.2) is 22.1 Å². The number of ether oxygens (including phenoxy) is 1. The molecule has 0 aromatic carbocycles. The number of rotatable bonds is 5. The van der Waals surface area contributed by atoms with Crippen molar-refractivity contribution in [2.45, 2.75) is 53.5 Å². The summed E-state index contributed by atoms with van der Waals surface area (Å²) in [6.45, 7) is 13.0. The molecule has 0 aliphatic carbocycles. The molecule has 0 aliphatic rings. The fourth-order valence-corrected chi connectivity index (χ4v) is 1.46. The van der Waals surface area contributed by atoms with E-state index in [-0.39, 0.29) is 5.54 Å². The van der Waals surface area contributed by atoms with Crippen LogP contribution in [0.25, 0.3) is 0 Å². The third-order valence-corrected chi connectivity index (χ3v) is 2.32. The monoisotopic (exact) mass is 266 g/mol. The number of nitrogens with two attached hydrogens (primary N) is 1. The van der Waals surface area contributed by atoms with E-state index < -0.39 is 0 Å². The Morgan fingerprint density at radius 1 is 1.26 bits per heavy atom. The van der Waals surface area contributed by atoms with Gasteiger partial charge >= 0.3 is 0 Å². The van der Waals surface area contributed by atoms with Crippen LogP contribution in [0.5, 0.6) is 5.88 Å². The Kier molecular flexibility index (Phi) is 4.97. The third kappa shape index (κ3) is 4.93. The van der Waals surface area contributed by atoms with E-state index in [1.807, 2.05) is 6.92 Å². The second-order valence-corrected chi connectivity index (χ2v) is 6.14. The van der Waals surface area contributed by atoms with Crippen molar-refractivity contribution in [1.29, 1.82) is 0 Å². The molecule has 5 heteroatoms. The lowest BCUT2D eigenvalue weighted by atomic mass is 10.1. The summed E-state index contributed by atoms with van der Waals surface area (Å²) in [6, 6.07) is 0. The Morgan fingerprint density at radius 2 is 1.89 bits per heavy atom. The van der Waals surface area contributed by atoms with Gasteiger partial charge < -0.3 is 15.8 Å². The van der Waals surface area contributed by atoms with Gasteiger partial charge in [-0.05, 0) is 26.7 Å². The van der Waals surface area contributed by atoms with Crippen molar-refractivity contribution in [3.63, 3.8) is 0 Å². The number of aromatic nitrogens is 2. The summed E-state index contributed by atoms with van der Waals surface area (Å²) in [7, 11) is 0. The normalized spacial score (nSPS) is 11.7. The van der Waals surface area contributed by atoms with Crippen molar-refractivity contribution < 1.29 is 4.74 Å². The van der Waals surface area contributed by atoms with Gasteiger partial charge in [-0.1, -0.05) is 20.8 Å². The van der Waals surface area contributed by atoms with Crippen molar-refractivity contribution in [3.8, 4) is 5.88 Å². The largest absolute Gasteiger partial charge is 0.476 e. The van der Waals surface area contributed by atoms with E-state index in [9.17, 15) is 0 Å². The molecule has 0 bridgehead atoms. The average molecular weight is 266 g/mol. The average Bonchev–Trinajstić information content (AvgIpc) is 2.28. The van der Waals surface area contributed by atoms with Gasteiger partial charge in [-0.3, -0.25) is 0 Å². The predicted molar refractivity (Wildman–Crippen MR) is 79.5 cm³/mol. The van der Waals surface area contributed by atoms with E-state index in [0.29, 0.717) is 29.9 Å². The fourth-order valence-electron chi connectivity index (χ4n) is 1.46. The van der Waals surface area contributed by atoms with Crippen molar-refractivity contribution in [1.82, 2.24) is 9.97 Å². The van der Waals surface area contributed by atoms with E-state index >= 15 is 0 Å². The van der Waals surface area contributed by atoms with Gasteiger partial charge in [0, 0.05) is 12.0 Å². The molecule has 108 valence electrons. The van der Waals surface area contributed by atoms with Crippen LogP contribution in [0.2, 0.25) is 0 Å². The number of hydrogen-bond donors (Lipinski definition) is 2. The Bertz CT molecular complexity index is 424. The Labute approximate surface area is 116 Å². The molecule has 0 unspecified atom stereocenters. The van der Waals surface area contributed by atoms with Crippen molar-refractivity contribution in [2.24, 2.45) is 5.92 Å². The highest BCUT2D eigenvalue weighted by Gasteiger charge is 2.17. The second-order valence-electron chi connectivity index (χ2n) is 6.14. The first kappa shape index (κ1) is 15.5. The summed E-state index contributed by atoms with van der Waals surface area (Å²) in [5.74, 6) is 2.29. The summed E-state index contributed by atoms with van der Waals surface area (Å²) < 4.78 is 5.68. The first-order valence-electron chi connectivity index (χ1n) is 6.80. The quantitative estimate of drug-likeness (QED) is 0.857. The Hall–Kier alpha value is -1.52. The van der Waals surface area contributed by atoms with Crippen LogP contribution in [-0.2, 0) is 6.42 Å². The molecule has 0 spiro atoms. The van der Waals surface area contributed by atoms with Gasteiger partial charge in [-0.2, -0.15) is 4.98 Å². The minimum absolute atomic E-state index is 0.108. The summed E-state index contributed by atoms with van der Waals surface area (Å²) in [5.41, 5.74) is 6.46. The molecule has 1 heterocycles. The summed E-state index contributed by atoms with van der Waals surface area (Å²) in [4.78, 5) is 8.79. The topological polar surface area (TPSA) is 73.1 Å². The molecule has 5 nitrogen and oxygen atoms in total. The summed E-state index contributed by atoms with van der Waals surface area (Å²) in [6.07, 6.45) is 0.747. The van der Waals surface area contributed by atoms with E-state index in [2.05, 4.69) is 49.9 Å². The molecule has 0 fully saturated rings. The van der Waals surface area contributed by atoms with Gasteiger partial charge in [0.25, 0.3) is 0 Å². The second kappa shape index (κ2) is 6.08. The van der Waals surface area contributed by atoms with Crippen LogP contribution in [0.3, 0.4) is 0 Å². The van der Waals surface area contributed by atoms with Crippen LogP contribution in [0, 0.1) is 5.92 Å². The number of nitrogens with one attached hydrogen (secondary N) is 1. The Balaban J connectivity index is 3.06. The fraction of sp³-hybridized carbons (Fsp3) is 0.714. The first-order valence-corrected chi connectivity index (χ1v) is 6.80. The SMILES string of the molecule is CCc1nc(NC(C)(C)C)c(N)c(OCC(C)C)n1. The predicted octanol–water partition coefficient (Wildman–Crippen LogP) is 2.87. The lowest BCUT2D eigenvalue weighted by Crippen LogP contribution is -2.28. The molecule has 19 heavy (non-hydrogen) atoms. The molecule has 0 atom stereocenters. The first-order chi connectivity index (χ1) is 8.73. The molecular formula is C14H26N4O. The summed E-state index contributed by atoms with van der Waals surface area (Å²) >= 11 is 0. The maximum absolute atomic E-state index is 6.09. The van der Waals surface area contributed by atoms with Crippen LogP contribution in [0.15, 0.2) is 0 Å². The zero-order valence-electron chi connectivity index (χ0n) is 12.9. The zero-order valence-corrected chi connectivity index (χ0v) is 12.9. The summed E-state index contributed by atoms with van der Waals surface area (Å²) in [5, 5.41) is 3.30. The number of aryl methyl sites for hydroxylation is 1. The van der Waals surface area contributed by atoms with Gasteiger partial charge in [0.05, 0.1) is 6.61 Å². The number of nitrogen functional groups attached to an aromatic ring is 1. The zero-order chi connectivity index (χ0) is 14.6. The molecule has 0 radical (unpaired) electrons. The van der Waals surface area contributed by atoms with Crippen LogP contribution >= 0.6 is 0 Å². The van der Waals surface area contributed by atoms with Crippen LogP contribution in [0.1, 0.15) is 47.4 Å². The molecule has 0 aliphatic heterocycles. The minimum Gasteiger partial charge on any atom is -0.476 e. The molecule has 0 saturated heterocycles. The van der Waals surface area contributed by atoms with E-state index in [1.165, 1.54) is 0 Å². The minimum atomic E-state index is -0.108. The molecule has 1 aromatic heterocycles. The number of hydrogen-bond acceptors (Lipinski definition) is 5. The smallest absolute Gasteiger partial charge is 0.242 e. The van der Waals surface area contributed by atoms with Gasteiger partial charge in [0.1, 0.15) is 11.5 Å². The molecule has 1 aromatic rings. The molecule has 3 N–H and O–H groups in total. The van der Waals surface area contributed by atoms with Gasteiger partial charge in [-0.25, -0.2) is 4.98 Å². The van der Waals surface area contributed by atoms with Gasteiger partial charge in [0.2, 0.25) is 5.88 Å². The highest BCUT2D eigenvalue weighted by atomic mass is 16.5. The lowest BCUT2D eigenvalue weighted by Gasteiger charge is -2.23. The highest BCUT2D eigenvalue weighted by Crippen LogP contribution is 2.28. The van der Waals surface area contributed by atoms with Crippen molar-refractivity contribution in [2.75, 3.05) is 17.7 Å². The maximum Gasteiger partial charge on any atom is 0.242 e. The highest BCUT2D eigenvalue weighted by molar-refractivity contribution is 5.67. The lowest BCUT2D eigenvalue weighted by molar-refractivity contribution is 0.262. The van der Waals surface area contributed by atoms with Gasteiger partial charge in [-0.15, -0.1) is 0 Å².